The average molecular weight is 367 g/mol. The fraction of sp³-hybridized carbons (Fsp3) is 0.100. The number of halogens is 1. The predicted octanol–water partition coefficient (Wildman–Crippen LogP) is 5.11. The molecular weight excluding hydrogens is 352 g/mol. The van der Waals surface area contributed by atoms with E-state index in [9.17, 15) is 4.79 Å². The fourth-order valence-electron chi connectivity index (χ4n) is 3.08. The van der Waals surface area contributed by atoms with Crippen LogP contribution in [0.3, 0.4) is 0 Å². The highest BCUT2D eigenvalue weighted by molar-refractivity contribution is 7.71. The number of benzene rings is 3. The van der Waals surface area contributed by atoms with Crippen LogP contribution in [0.1, 0.15) is 5.56 Å². The number of aryl methyl sites for hydroxylation is 1. The lowest BCUT2D eigenvalue weighted by atomic mass is 10.1. The number of nitrogens with zero attached hydrogens (tertiary/aromatic N) is 1. The first-order chi connectivity index (χ1) is 12.1. The van der Waals surface area contributed by atoms with Gasteiger partial charge in [0.15, 0.2) is 4.77 Å². The molecule has 4 aromatic rings. The molecule has 4 rings (SSSR count). The average Bonchev–Trinajstić information content (AvgIpc) is 2.61. The zero-order valence-electron chi connectivity index (χ0n) is 13.3. The van der Waals surface area contributed by atoms with Crippen LogP contribution in [0.15, 0.2) is 65.5 Å². The van der Waals surface area contributed by atoms with Crippen LogP contribution < -0.4 is 5.56 Å². The van der Waals surface area contributed by atoms with Gasteiger partial charge in [-0.1, -0.05) is 54.1 Å². The van der Waals surface area contributed by atoms with E-state index in [1.165, 1.54) is 0 Å². The van der Waals surface area contributed by atoms with E-state index in [0.717, 1.165) is 21.9 Å². The minimum atomic E-state index is -0.0726. The molecule has 0 amide bonds. The molecule has 1 heterocycles. The zero-order chi connectivity index (χ0) is 17.4. The van der Waals surface area contributed by atoms with E-state index < -0.39 is 0 Å². The second-order valence-corrected chi connectivity index (χ2v) is 6.77. The van der Waals surface area contributed by atoms with Crippen LogP contribution in [-0.2, 0) is 13.0 Å². The zero-order valence-corrected chi connectivity index (χ0v) is 14.9. The van der Waals surface area contributed by atoms with Crippen molar-refractivity contribution >= 4 is 45.5 Å². The van der Waals surface area contributed by atoms with E-state index in [1.54, 1.807) is 4.57 Å². The highest BCUT2D eigenvalue weighted by Crippen LogP contribution is 2.20. The van der Waals surface area contributed by atoms with E-state index in [2.05, 4.69) is 4.98 Å². The Morgan fingerprint density at radius 2 is 1.68 bits per heavy atom. The maximum Gasteiger partial charge on any atom is 0.262 e. The Hall–Kier alpha value is -2.43. The quantitative estimate of drug-likeness (QED) is 0.404. The number of H-pyrrole nitrogens is 1. The number of nitrogens with one attached hydrogen (secondary N) is 1. The Morgan fingerprint density at radius 3 is 2.44 bits per heavy atom. The maximum absolute atomic E-state index is 12.9. The third-order valence-corrected chi connectivity index (χ3v) is 5.10. The highest BCUT2D eigenvalue weighted by Gasteiger charge is 2.08. The monoisotopic (exact) mass is 366 g/mol. The number of fused-ring (bicyclic) bond motifs is 2. The first-order valence-corrected chi connectivity index (χ1v) is 8.81. The van der Waals surface area contributed by atoms with Crippen LogP contribution in [-0.4, -0.2) is 9.55 Å². The van der Waals surface area contributed by atoms with Crippen LogP contribution in [0.2, 0.25) is 5.02 Å². The molecule has 0 aliphatic carbocycles. The summed E-state index contributed by atoms with van der Waals surface area (Å²) in [6.07, 6.45) is 0.649. The van der Waals surface area contributed by atoms with Gasteiger partial charge in [-0.3, -0.25) is 9.36 Å². The summed E-state index contributed by atoms with van der Waals surface area (Å²) in [6, 6.07) is 19.5. The summed E-state index contributed by atoms with van der Waals surface area (Å²) in [5.41, 5.74) is 1.70. The number of hydrogen-bond donors (Lipinski definition) is 1. The molecule has 0 aliphatic rings. The van der Waals surface area contributed by atoms with Crippen molar-refractivity contribution in [2.24, 2.45) is 0 Å². The van der Waals surface area contributed by atoms with E-state index in [0.29, 0.717) is 28.1 Å². The lowest BCUT2D eigenvalue weighted by Gasteiger charge is -2.10. The van der Waals surface area contributed by atoms with Crippen molar-refractivity contribution < 1.29 is 0 Å². The first kappa shape index (κ1) is 16.1. The predicted molar refractivity (Wildman–Crippen MR) is 106 cm³/mol. The summed E-state index contributed by atoms with van der Waals surface area (Å²) in [5, 5.41) is 3.47. The van der Waals surface area contributed by atoms with Crippen LogP contribution in [0.25, 0.3) is 21.7 Å². The molecule has 1 aromatic heterocycles. The van der Waals surface area contributed by atoms with E-state index in [-0.39, 0.29) is 5.56 Å². The molecule has 25 heavy (non-hydrogen) atoms. The van der Waals surface area contributed by atoms with Gasteiger partial charge in [0.05, 0.1) is 10.9 Å². The minimum absolute atomic E-state index is 0.0726. The van der Waals surface area contributed by atoms with Crippen molar-refractivity contribution in [2.45, 2.75) is 13.0 Å². The minimum Gasteiger partial charge on any atom is -0.332 e. The maximum atomic E-state index is 12.9. The summed E-state index contributed by atoms with van der Waals surface area (Å²) >= 11 is 11.6. The van der Waals surface area contributed by atoms with Gasteiger partial charge in [-0.05, 0) is 53.2 Å². The lowest BCUT2D eigenvalue weighted by molar-refractivity contribution is 0.652. The molecule has 0 unspecified atom stereocenters. The molecule has 124 valence electrons. The van der Waals surface area contributed by atoms with Gasteiger partial charge >= 0.3 is 0 Å². The normalized spacial score (nSPS) is 11.2. The van der Waals surface area contributed by atoms with Crippen molar-refractivity contribution in [3.63, 3.8) is 0 Å². The van der Waals surface area contributed by atoms with Crippen molar-refractivity contribution in [1.82, 2.24) is 9.55 Å². The van der Waals surface area contributed by atoms with Crippen LogP contribution in [0, 0.1) is 4.77 Å². The van der Waals surface area contributed by atoms with Crippen LogP contribution >= 0.6 is 23.8 Å². The van der Waals surface area contributed by atoms with Crippen molar-refractivity contribution in [1.29, 1.82) is 0 Å². The third kappa shape index (κ3) is 2.99. The molecule has 0 atom stereocenters. The Bertz CT molecular complexity index is 1210. The number of rotatable bonds is 3. The summed E-state index contributed by atoms with van der Waals surface area (Å²) in [7, 11) is 0. The first-order valence-electron chi connectivity index (χ1n) is 8.02. The van der Waals surface area contributed by atoms with Crippen molar-refractivity contribution in [3.8, 4) is 0 Å². The van der Waals surface area contributed by atoms with Gasteiger partial charge in [0.1, 0.15) is 0 Å². The second kappa shape index (κ2) is 6.47. The molecule has 0 saturated carbocycles. The Labute approximate surface area is 154 Å². The summed E-state index contributed by atoms with van der Waals surface area (Å²) in [6.45, 7) is 0.487. The van der Waals surface area contributed by atoms with E-state index >= 15 is 0 Å². The molecule has 0 bridgehead atoms. The second-order valence-electron chi connectivity index (χ2n) is 5.97. The standard InChI is InChI=1S/C20H15ClN2OS/c21-17-8-4-3-5-13(17)9-10-23-19(24)16-11-14-6-1-2-7-15(14)12-18(16)22-20(23)25/h1-8,11-12H,9-10H2,(H,22,25). The number of hydrogen-bond acceptors (Lipinski definition) is 2. The van der Waals surface area contributed by atoms with E-state index in [4.69, 9.17) is 23.8 Å². The summed E-state index contributed by atoms with van der Waals surface area (Å²) in [5.74, 6) is 0. The third-order valence-electron chi connectivity index (χ3n) is 4.41. The molecule has 0 aliphatic heterocycles. The topological polar surface area (TPSA) is 37.8 Å². The van der Waals surface area contributed by atoms with Crippen LogP contribution in [0.5, 0.6) is 0 Å². The molecule has 5 heteroatoms. The van der Waals surface area contributed by atoms with Gasteiger partial charge in [0, 0.05) is 11.6 Å². The molecule has 0 radical (unpaired) electrons. The number of aromatic amines is 1. The Morgan fingerprint density at radius 1 is 1.00 bits per heavy atom. The molecule has 3 nitrogen and oxygen atoms in total. The van der Waals surface area contributed by atoms with Gasteiger partial charge in [-0.2, -0.15) is 0 Å². The molecule has 3 aromatic carbocycles. The molecule has 0 fully saturated rings. The SMILES string of the molecule is O=c1c2cc3ccccc3cc2[nH]c(=S)n1CCc1ccccc1Cl. The van der Waals surface area contributed by atoms with Crippen molar-refractivity contribution in [3.05, 3.63) is 86.4 Å². The van der Waals surface area contributed by atoms with Gasteiger partial charge in [-0.15, -0.1) is 0 Å². The van der Waals surface area contributed by atoms with Gasteiger partial charge < -0.3 is 4.98 Å². The summed E-state index contributed by atoms with van der Waals surface area (Å²) < 4.78 is 2.04. The highest BCUT2D eigenvalue weighted by atomic mass is 35.5. The molecule has 1 N–H and O–H groups in total. The van der Waals surface area contributed by atoms with E-state index in [1.807, 2.05) is 60.7 Å². The molecule has 0 saturated heterocycles. The fourth-order valence-corrected chi connectivity index (χ4v) is 3.59. The smallest absolute Gasteiger partial charge is 0.262 e. The summed E-state index contributed by atoms with van der Waals surface area (Å²) in [4.78, 5) is 16.1. The lowest BCUT2D eigenvalue weighted by Crippen LogP contribution is -2.23. The van der Waals surface area contributed by atoms with Crippen LogP contribution in [0.4, 0.5) is 0 Å². The molecule has 0 spiro atoms. The van der Waals surface area contributed by atoms with Gasteiger partial charge in [0.25, 0.3) is 5.56 Å². The largest absolute Gasteiger partial charge is 0.332 e. The Balaban J connectivity index is 1.81. The van der Waals surface area contributed by atoms with Gasteiger partial charge in [-0.25, -0.2) is 0 Å². The number of aromatic nitrogens is 2. The van der Waals surface area contributed by atoms with Crippen molar-refractivity contribution in [2.75, 3.05) is 0 Å². The Kier molecular flexibility index (Phi) is 4.15. The van der Waals surface area contributed by atoms with Gasteiger partial charge in [0.2, 0.25) is 0 Å². The molecular formula is C20H15ClN2OS.